The van der Waals surface area contributed by atoms with Crippen molar-refractivity contribution in [2.24, 2.45) is 0 Å². The molecule has 39 heavy (non-hydrogen) atoms. The standard InChI is InChI=1S/C29H26FN3O6/c1-38-26-20(8-7-19-15-33(28(36)25(19)26)23-11-12-24(34)32-27(23)35)16-39-29(37)31-22-9-5-17(6-10-22)13-18-3-2-4-21(30)14-18/h2-10,14,23H,11-13,15-16H2,1H3,(H,31,37)(H,32,34,35). The quantitative estimate of drug-likeness (QED) is 0.447. The third-order valence-corrected chi connectivity index (χ3v) is 6.79. The molecule has 1 saturated heterocycles. The summed E-state index contributed by atoms with van der Waals surface area (Å²) in [4.78, 5) is 50.9. The second-order valence-electron chi connectivity index (χ2n) is 9.40. The van der Waals surface area contributed by atoms with Crippen molar-refractivity contribution in [3.8, 4) is 5.75 Å². The van der Waals surface area contributed by atoms with Crippen LogP contribution in [0.3, 0.4) is 0 Å². The molecule has 5 rings (SSSR count). The lowest BCUT2D eigenvalue weighted by molar-refractivity contribution is -0.136. The Morgan fingerprint density at radius 2 is 1.87 bits per heavy atom. The molecule has 2 aliphatic heterocycles. The van der Waals surface area contributed by atoms with E-state index in [-0.39, 0.29) is 49.4 Å². The van der Waals surface area contributed by atoms with Gasteiger partial charge in [-0.05, 0) is 53.8 Å². The number of rotatable bonds is 7. The molecule has 0 aromatic heterocycles. The fourth-order valence-corrected chi connectivity index (χ4v) is 4.90. The number of carbonyl (C=O) groups is 4. The summed E-state index contributed by atoms with van der Waals surface area (Å²) in [6, 6.07) is 16.2. The van der Waals surface area contributed by atoms with Gasteiger partial charge in [0.25, 0.3) is 5.91 Å². The molecule has 3 aromatic carbocycles. The number of methoxy groups -OCH3 is 1. The largest absolute Gasteiger partial charge is 0.495 e. The van der Waals surface area contributed by atoms with Crippen LogP contribution in [-0.4, -0.2) is 41.9 Å². The lowest BCUT2D eigenvalue weighted by Crippen LogP contribution is -2.52. The average Bonchev–Trinajstić information content (AvgIpc) is 3.24. The van der Waals surface area contributed by atoms with E-state index < -0.39 is 18.0 Å². The number of halogens is 1. The number of hydrogen-bond acceptors (Lipinski definition) is 6. The van der Waals surface area contributed by atoms with Gasteiger partial charge in [0, 0.05) is 24.2 Å². The monoisotopic (exact) mass is 531 g/mol. The van der Waals surface area contributed by atoms with E-state index >= 15 is 0 Å². The predicted molar refractivity (Wildman–Crippen MR) is 138 cm³/mol. The molecular weight excluding hydrogens is 505 g/mol. The Balaban J connectivity index is 1.21. The minimum atomic E-state index is -0.738. The van der Waals surface area contributed by atoms with Crippen LogP contribution in [0.5, 0.6) is 5.75 Å². The summed E-state index contributed by atoms with van der Waals surface area (Å²) < 4.78 is 24.3. The van der Waals surface area contributed by atoms with Gasteiger partial charge in [-0.1, -0.05) is 36.4 Å². The zero-order valence-corrected chi connectivity index (χ0v) is 21.2. The molecule has 2 heterocycles. The summed E-state index contributed by atoms with van der Waals surface area (Å²) in [7, 11) is 1.42. The highest BCUT2D eigenvalue weighted by Crippen LogP contribution is 2.36. The molecule has 0 saturated carbocycles. The number of fused-ring (bicyclic) bond motifs is 1. The average molecular weight is 532 g/mol. The van der Waals surface area contributed by atoms with Crippen LogP contribution in [0.4, 0.5) is 14.9 Å². The number of benzene rings is 3. The fourth-order valence-electron chi connectivity index (χ4n) is 4.90. The van der Waals surface area contributed by atoms with E-state index in [1.54, 1.807) is 30.3 Å². The number of nitrogens with one attached hydrogen (secondary N) is 2. The molecule has 3 aromatic rings. The fraction of sp³-hybridized carbons (Fsp3) is 0.241. The van der Waals surface area contributed by atoms with E-state index in [9.17, 15) is 23.6 Å². The Morgan fingerprint density at radius 3 is 2.59 bits per heavy atom. The number of nitrogens with zero attached hydrogens (tertiary/aromatic N) is 1. The Kier molecular flexibility index (Phi) is 7.27. The third kappa shape index (κ3) is 5.59. The molecule has 2 aliphatic rings. The molecule has 10 heteroatoms. The number of amides is 4. The number of anilines is 1. The molecule has 0 spiro atoms. The Morgan fingerprint density at radius 1 is 1.08 bits per heavy atom. The predicted octanol–water partition coefficient (Wildman–Crippen LogP) is 3.93. The van der Waals surface area contributed by atoms with Gasteiger partial charge in [-0.25, -0.2) is 9.18 Å². The van der Waals surface area contributed by atoms with Crippen molar-refractivity contribution >= 4 is 29.5 Å². The van der Waals surface area contributed by atoms with Gasteiger partial charge in [0.2, 0.25) is 11.8 Å². The number of hydrogen-bond donors (Lipinski definition) is 2. The smallest absolute Gasteiger partial charge is 0.411 e. The van der Waals surface area contributed by atoms with Gasteiger partial charge < -0.3 is 14.4 Å². The van der Waals surface area contributed by atoms with Crippen molar-refractivity contribution in [2.45, 2.75) is 38.5 Å². The molecule has 9 nitrogen and oxygen atoms in total. The van der Waals surface area contributed by atoms with Gasteiger partial charge in [0.05, 0.1) is 12.7 Å². The highest BCUT2D eigenvalue weighted by atomic mass is 19.1. The molecule has 1 unspecified atom stereocenters. The lowest BCUT2D eigenvalue weighted by atomic mass is 10.0. The van der Waals surface area contributed by atoms with Crippen LogP contribution in [0, 0.1) is 5.82 Å². The van der Waals surface area contributed by atoms with Crippen LogP contribution in [-0.2, 0) is 33.9 Å². The summed E-state index contributed by atoms with van der Waals surface area (Å²) in [5.74, 6) is -1.23. The van der Waals surface area contributed by atoms with Crippen LogP contribution in [0.25, 0.3) is 0 Å². The topological polar surface area (TPSA) is 114 Å². The van der Waals surface area contributed by atoms with Crippen LogP contribution < -0.4 is 15.4 Å². The van der Waals surface area contributed by atoms with E-state index in [1.807, 2.05) is 18.2 Å². The number of piperidine rings is 1. The lowest BCUT2D eigenvalue weighted by Gasteiger charge is -2.29. The van der Waals surface area contributed by atoms with Gasteiger partial charge in [-0.3, -0.25) is 25.0 Å². The van der Waals surface area contributed by atoms with Gasteiger partial charge in [-0.15, -0.1) is 0 Å². The molecule has 200 valence electrons. The van der Waals surface area contributed by atoms with E-state index in [4.69, 9.17) is 9.47 Å². The normalized spacial score (nSPS) is 16.5. The first kappa shape index (κ1) is 25.9. The zero-order valence-electron chi connectivity index (χ0n) is 21.2. The Bertz CT molecular complexity index is 1460. The summed E-state index contributed by atoms with van der Waals surface area (Å²) in [6.45, 7) is 0.0687. The van der Waals surface area contributed by atoms with Crippen molar-refractivity contribution < 1.29 is 33.0 Å². The maximum atomic E-state index is 13.4. The Hall–Kier alpha value is -4.73. The van der Waals surface area contributed by atoms with Crippen LogP contribution >= 0.6 is 0 Å². The zero-order chi connectivity index (χ0) is 27.5. The van der Waals surface area contributed by atoms with E-state index in [2.05, 4.69) is 10.6 Å². The minimum Gasteiger partial charge on any atom is -0.495 e. The van der Waals surface area contributed by atoms with E-state index in [0.717, 1.165) is 11.1 Å². The third-order valence-electron chi connectivity index (χ3n) is 6.79. The maximum Gasteiger partial charge on any atom is 0.411 e. The molecule has 1 fully saturated rings. The van der Waals surface area contributed by atoms with Crippen molar-refractivity contribution in [3.05, 3.63) is 94.3 Å². The van der Waals surface area contributed by atoms with Crippen molar-refractivity contribution in [1.82, 2.24) is 10.2 Å². The number of imide groups is 1. The number of carbonyl (C=O) groups excluding carboxylic acids is 4. The summed E-state index contributed by atoms with van der Waals surface area (Å²) in [5, 5.41) is 4.94. The van der Waals surface area contributed by atoms with Crippen molar-refractivity contribution in [3.63, 3.8) is 0 Å². The molecule has 0 aliphatic carbocycles. The second-order valence-corrected chi connectivity index (χ2v) is 9.40. The molecule has 1 atom stereocenters. The molecule has 0 radical (unpaired) electrons. The minimum absolute atomic E-state index is 0.147. The summed E-state index contributed by atoms with van der Waals surface area (Å²) in [6.07, 6.45) is 0.291. The molecule has 0 bridgehead atoms. The van der Waals surface area contributed by atoms with Crippen molar-refractivity contribution in [2.75, 3.05) is 12.4 Å². The molecule has 2 N–H and O–H groups in total. The van der Waals surface area contributed by atoms with Gasteiger partial charge in [-0.2, -0.15) is 0 Å². The number of ether oxygens (including phenoxy) is 2. The van der Waals surface area contributed by atoms with Crippen LogP contribution in [0.1, 0.15) is 45.5 Å². The first-order valence-corrected chi connectivity index (χ1v) is 12.4. The molecular formula is C29H26FN3O6. The van der Waals surface area contributed by atoms with Crippen molar-refractivity contribution in [1.29, 1.82) is 0 Å². The summed E-state index contributed by atoms with van der Waals surface area (Å²) in [5.41, 5.74) is 3.83. The maximum absolute atomic E-state index is 13.4. The highest BCUT2D eigenvalue weighted by Gasteiger charge is 2.41. The first-order chi connectivity index (χ1) is 18.8. The summed E-state index contributed by atoms with van der Waals surface area (Å²) >= 11 is 0. The second kappa shape index (κ2) is 10.9. The van der Waals surface area contributed by atoms with E-state index in [0.29, 0.717) is 28.8 Å². The van der Waals surface area contributed by atoms with Crippen LogP contribution in [0.2, 0.25) is 0 Å². The van der Waals surface area contributed by atoms with Crippen LogP contribution in [0.15, 0.2) is 60.7 Å². The van der Waals surface area contributed by atoms with E-state index in [1.165, 1.54) is 24.1 Å². The Labute approximate surface area is 223 Å². The molecule has 4 amide bonds. The van der Waals surface area contributed by atoms with Gasteiger partial charge in [0.1, 0.15) is 24.2 Å². The van der Waals surface area contributed by atoms with Gasteiger partial charge in [0.15, 0.2) is 0 Å². The van der Waals surface area contributed by atoms with Gasteiger partial charge >= 0.3 is 6.09 Å². The highest BCUT2D eigenvalue weighted by molar-refractivity contribution is 6.06. The first-order valence-electron chi connectivity index (χ1n) is 12.4. The SMILES string of the molecule is COc1c(COC(=O)Nc2ccc(Cc3cccc(F)c3)cc2)ccc2c1C(=O)N(C1CCC(=O)NC1=O)C2.